The van der Waals surface area contributed by atoms with E-state index >= 15 is 0 Å². The van der Waals surface area contributed by atoms with Gasteiger partial charge >= 0.3 is 5.37 Å². The number of halogens is 2. The molecule has 0 aromatic rings. The number of amides is 1. The summed E-state index contributed by atoms with van der Waals surface area (Å²) in [4.78, 5) is 11.5. The molecular weight excluding hydrogens is 149 g/mol. The van der Waals surface area contributed by atoms with E-state index in [1.165, 1.54) is 4.90 Å². The summed E-state index contributed by atoms with van der Waals surface area (Å²) in [6, 6.07) is 0. The van der Waals surface area contributed by atoms with Gasteiger partial charge in [-0.2, -0.15) is 0 Å². The molecule has 0 aromatic heterocycles. The highest BCUT2D eigenvalue weighted by molar-refractivity contribution is 6.62. The molecule has 0 saturated carbocycles. The number of hydrogen-bond donors (Lipinski definition) is 0. The highest BCUT2D eigenvalue weighted by Crippen LogP contribution is 1.88. The molecule has 0 unspecified atom stereocenters. The summed E-state index contributed by atoms with van der Waals surface area (Å²) in [5.41, 5.74) is 0. The molecule has 0 spiro atoms. The van der Waals surface area contributed by atoms with Crippen molar-refractivity contribution in [3.8, 4) is 0 Å². The molecule has 0 aliphatic rings. The summed E-state index contributed by atoms with van der Waals surface area (Å²) in [5, 5.41) is -0.400. The molecule has 0 aliphatic heterocycles. The quantitative estimate of drug-likeness (QED) is 0.420. The van der Waals surface area contributed by atoms with Gasteiger partial charge in [-0.1, -0.05) is 0 Å². The lowest BCUT2D eigenvalue weighted by molar-refractivity contribution is 0.234. The zero-order valence-electron chi connectivity index (χ0n) is 4.85. The van der Waals surface area contributed by atoms with Gasteiger partial charge in [0.1, 0.15) is 0 Å². The lowest BCUT2D eigenvalue weighted by Crippen LogP contribution is -2.19. The van der Waals surface area contributed by atoms with Crippen LogP contribution in [0, 0.1) is 0 Å². The molecule has 0 rings (SSSR count). The summed E-state index contributed by atoms with van der Waals surface area (Å²) < 4.78 is 0. The van der Waals surface area contributed by atoms with Gasteiger partial charge in [0.15, 0.2) is 0 Å². The van der Waals surface area contributed by atoms with Crippen LogP contribution >= 0.6 is 24.0 Å². The number of hydrogen-bond acceptors (Lipinski definition) is 1. The van der Waals surface area contributed by atoms with Gasteiger partial charge in [0.25, 0.3) is 0 Å². The summed E-state index contributed by atoms with van der Waals surface area (Å²) >= 11 is 5.02. The van der Waals surface area contributed by atoms with E-state index in [0.717, 1.165) is 0 Å². The molecule has 0 heterocycles. The van der Waals surface area contributed by atoms with Crippen LogP contribution in [0.5, 0.6) is 0 Å². The molecule has 50 valence electrons. The summed E-state index contributed by atoms with van der Waals surface area (Å²) in [5.74, 6) is 0. The first kappa shape index (κ1) is 10.9. The Morgan fingerprint density at radius 1 is 1.75 bits per heavy atom. The van der Waals surface area contributed by atoms with Crippen LogP contribution in [-0.4, -0.2) is 23.9 Å². The number of carbonyl (C=O) groups is 1. The first-order chi connectivity index (χ1) is 3.18. The van der Waals surface area contributed by atoms with E-state index in [0.29, 0.717) is 6.54 Å². The fourth-order valence-electron chi connectivity index (χ4n) is 0.124. The van der Waals surface area contributed by atoms with Gasteiger partial charge in [-0.3, -0.25) is 4.79 Å². The monoisotopic (exact) mass is 157 g/mol. The Kier molecular flexibility index (Phi) is 7.09. The Balaban J connectivity index is 0. The van der Waals surface area contributed by atoms with Crippen LogP contribution in [0.25, 0.3) is 0 Å². The van der Waals surface area contributed by atoms with Gasteiger partial charge in [0.2, 0.25) is 0 Å². The van der Waals surface area contributed by atoms with Gasteiger partial charge in [-0.05, 0) is 18.5 Å². The maximum Gasteiger partial charge on any atom is 0.316 e. The first-order valence-corrected chi connectivity index (χ1v) is 2.47. The van der Waals surface area contributed by atoms with Crippen LogP contribution < -0.4 is 0 Å². The molecule has 0 atom stereocenters. The van der Waals surface area contributed by atoms with E-state index in [1.807, 2.05) is 6.92 Å². The molecule has 0 aromatic carbocycles. The van der Waals surface area contributed by atoms with Gasteiger partial charge in [0, 0.05) is 13.6 Å². The van der Waals surface area contributed by atoms with Crippen LogP contribution in [0.3, 0.4) is 0 Å². The van der Waals surface area contributed by atoms with E-state index in [2.05, 4.69) is 0 Å². The maximum atomic E-state index is 10.1. The average Bonchev–Trinajstić information content (AvgIpc) is 1.65. The predicted octanol–water partition coefficient (Wildman–Crippen LogP) is 1.72. The lowest BCUT2D eigenvalue weighted by atomic mass is 10.7. The Morgan fingerprint density at radius 2 is 2.12 bits per heavy atom. The maximum absolute atomic E-state index is 10.1. The lowest BCUT2D eigenvalue weighted by Gasteiger charge is -2.06. The topological polar surface area (TPSA) is 20.3 Å². The SMILES string of the molecule is CCN(C)C(=O)Cl.Cl. The highest BCUT2D eigenvalue weighted by Gasteiger charge is 1.97. The van der Waals surface area contributed by atoms with Crippen molar-refractivity contribution in [2.24, 2.45) is 0 Å². The minimum atomic E-state index is -0.400. The average molecular weight is 158 g/mol. The van der Waals surface area contributed by atoms with Crippen LogP contribution in [0.4, 0.5) is 4.79 Å². The van der Waals surface area contributed by atoms with E-state index in [4.69, 9.17) is 11.6 Å². The third-order valence-corrected chi connectivity index (χ3v) is 1.06. The summed E-state index contributed by atoms with van der Waals surface area (Å²) in [7, 11) is 1.65. The van der Waals surface area contributed by atoms with E-state index in [1.54, 1.807) is 7.05 Å². The van der Waals surface area contributed by atoms with Crippen molar-refractivity contribution in [3.63, 3.8) is 0 Å². The van der Waals surface area contributed by atoms with E-state index in [9.17, 15) is 4.79 Å². The molecule has 0 N–H and O–H groups in total. The van der Waals surface area contributed by atoms with E-state index in [-0.39, 0.29) is 12.4 Å². The van der Waals surface area contributed by atoms with Crippen LogP contribution in [0.1, 0.15) is 6.92 Å². The number of nitrogens with zero attached hydrogens (tertiary/aromatic N) is 1. The van der Waals surface area contributed by atoms with Crippen molar-refractivity contribution in [2.75, 3.05) is 13.6 Å². The van der Waals surface area contributed by atoms with Crippen molar-refractivity contribution in [1.82, 2.24) is 4.90 Å². The normalized spacial score (nSPS) is 7.38. The fourth-order valence-corrected chi connectivity index (χ4v) is 0.244. The Labute approximate surface area is 60.2 Å². The Bertz CT molecular complexity index is 76.4. The molecule has 0 aliphatic carbocycles. The predicted molar refractivity (Wildman–Crippen MR) is 36.8 cm³/mol. The Morgan fingerprint density at radius 3 is 2.12 bits per heavy atom. The molecule has 1 amide bonds. The molecule has 0 radical (unpaired) electrons. The molecule has 2 nitrogen and oxygen atoms in total. The summed E-state index contributed by atoms with van der Waals surface area (Å²) in [6.07, 6.45) is 0. The Hall–Kier alpha value is 0.0500. The van der Waals surface area contributed by atoms with Crippen LogP contribution in [-0.2, 0) is 0 Å². The molecular formula is C4H9Cl2NO. The second-order valence-electron chi connectivity index (χ2n) is 1.27. The second kappa shape index (κ2) is 5.19. The van der Waals surface area contributed by atoms with Gasteiger partial charge < -0.3 is 4.90 Å². The molecule has 0 saturated heterocycles. The van der Waals surface area contributed by atoms with Gasteiger partial charge in [-0.15, -0.1) is 12.4 Å². The highest BCUT2D eigenvalue weighted by atomic mass is 35.5. The summed E-state index contributed by atoms with van der Waals surface area (Å²) in [6.45, 7) is 2.53. The van der Waals surface area contributed by atoms with E-state index < -0.39 is 5.37 Å². The van der Waals surface area contributed by atoms with Crippen molar-refractivity contribution >= 4 is 29.4 Å². The number of carbonyl (C=O) groups excluding carboxylic acids is 1. The van der Waals surface area contributed by atoms with Crippen LogP contribution in [0.15, 0.2) is 0 Å². The largest absolute Gasteiger partial charge is 0.333 e. The molecule has 0 fully saturated rings. The van der Waals surface area contributed by atoms with Crippen LogP contribution in [0.2, 0.25) is 0 Å². The zero-order chi connectivity index (χ0) is 5.86. The third-order valence-electron chi connectivity index (χ3n) is 0.774. The smallest absolute Gasteiger partial charge is 0.316 e. The first-order valence-electron chi connectivity index (χ1n) is 2.09. The third kappa shape index (κ3) is 4.22. The van der Waals surface area contributed by atoms with Gasteiger partial charge in [-0.25, -0.2) is 0 Å². The number of rotatable bonds is 1. The van der Waals surface area contributed by atoms with Crippen molar-refractivity contribution < 1.29 is 4.79 Å². The minimum Gasteiger partial charge on any atom is -0.333 e. The molecule has 0 bridgehead atoms. The fraction of sp³-hybridized carbons (Fsp3) is 0.750. The second-order valence-corrected chi connectivity index (χ2v) is 1.59. The van der Waals surface area contributed by atoms with Crippen molar-refractivity contribution in [3.05, 3.63) is 0 Å². The minimum absolute atomic E-state index is 0. The van der Waals surface area contributed by atoms with Crippen molar-refractivity contribution in [2.45, 2.75) is 6.92 Å². The van der Waals surface area contributed by atoms with Crippen molar-refractivity contribution in [1.29, 1.82) is 0 Å². The standard InChI is InChI=1S/C4H8ClNO.ClH/c1-3-6(2)4(5)7;/h3H2,1-2H3;1H. The molecule has 4 heteroatoms. The van der Waals surface area contributed by atoms with Gasteiger partial charge in [0.05, 0.1) is 0 Å². The zero-order valence-corrected chi connectivity index (χ0v) is 6.42. The molecule has 8 heavy (non-hydrogen) atoms.